The molecule has 5 rings (SSSR count). The molecule has 4 aromatic rings. The molecule has 1 fully saturated rings. The highest BCUT2D eigenvalue weighted by atomic mass is 15.1. The van der Waals surface area contributed by atoms with Crippen molar-refractivity contribution < 1.29 is 0 Å². The molecule has 0 radical (unpaired) electrons. The molecule has 4 heteroatoms. The van der Waals surface area contributed by atoms with Crippen LogP contribution in [0.3, 0.4) is 0 Å². The average molecular weight is 557 g/mol. The standard InChI is InChI=1S/C38H44N4/c1-6-36-34(25-29-13-16-33(17-14-29)40-22-10-21-39)28(4)35-26-32(15-18-37(35)41-36)38(5,30-11-8-7-9-12-30)31-19-23-42(24-20-31)27(2)3/h7-18,21-22,26,31H,2,6,19-20,23-25,39H2,1,3-5H3. The Labute approximate surface area is 251 Å². The third-order valence-electron chi connectivity index (χ3n) is 9.35. The molecule has 0 aliphatic carbocycles. The number of pyridine rings is 1. The predicted molar refractivity (Wildman–Crippen MR) is 179 cm³/mol. The lowest BCUT2D eigenvalue weighted by Gasteiger charge is -2.44. The van der Waals surface area contributed by atoms with Gasteiger partial charge in [-0.15, -0.1) is 0 Å². The van der Waals surface area contributed by atoms with Crippen molar-refractivity contribution in [1.82, 2.24) is 9.88 Å². The van der Waals surface area contributed by atoms with Gasteiger partial charge in [0.15, 0.2) is 0 Å². The second kappa shape index (κ2) is 12.8. The summed E-state index contributed by atoms with van der Waals surface area (Å²) in [6, 6.07) is 26.6. The van der Waals surface area contributed by atoms with E-state index >= 15 is 0 Å². The first-order chi connectivity index (χ1) is 20.3. The minimum absolute atomic E-state index is 0.0952. The van der Waals surface area contributed by atoms with Crippen molar-refractivity contribution in [3.63, 3.8) is 0 Å². The topological polar surface area (TPSA) is 54.5 Å². The van der Waals surface area contributed by atoms with E-state index < -0.39 is 0 Å². The Morgan fingerprint density at radius 3 is 2.40 bits per heavy atom. The van der Waals surface area contributed by atoms with Crippen molar-refractivity contribution in [2.75, 3.05) is 13.1 Å². The number of fused-ring (bicyclic) bond motifs is 1. The Morgan fingerprint density at radius 2 is 1.76 bits per heavy atom. The van der Waals surface area contributed by atoms with Gasteiger partial charge in [-0.1, -0.05) is 69.0 Å². The number of aryl methyl sites for hydroxylation is 2. The Kier molecular flexibility index (Phi) is 8.91. The molecular weight excluding hydrogens is 512 g/mol. The number of allylic oxidation sites excluding steroid dienone is 2. The van der Waals surface area contributed by atoms with E-state index in [1.807, 2.05) is 0 Å². The Hall–Kier alpha value is -4.18. The summed E-state index contributed by atoms with van der Waals surface area (Å²) in [7, 11) is 0. The summed E-state index contributed by atoms with van der Waals surface area (Å²) >= 11 is 0. The molecule has 2 N–H and O–H groups in total. The van der Waals surface area contributed by atoms with Crippen molar-refractivity contribution in [3.8, 4) is 0 Å². The SMILES string of the molecule is C=C(C)N1CCC(C(C)(c2ccccc2)c2ccc3nc(CC)c(Cc4ccc(N=CC=CN)cc4)c(C)c3c2)CC1. The summed E-state index contributed by atoms with van der Waals surface area (Å²) < 4.78 is 0. The number of aromatic nitrogens is 1. The summed E-state index contributed by atoms with van der Waals surface area (Å²) in [4.78, 5) is 12.1. The van der Waals surface area contributed by atoms with E-state index in [4.69, 9.17) is 10.7 Å². The first-order valence-corrected chi connectivity index (χ1v) is 15.2. The number of piperidine rings is 1. The van der Waals surface area contributed by atoms with Crippen molar-refractivity contribution in [2.45, 2.75) is 58.8 Å². The van der Waals surface area contributed by atoms with E-state index in [0.29, 0.717) is 5.92 Å². The van der Waals surface area contributed by atoms with Crippen LogP contribution in [0.25, 0.3) is 10.9 Å². The smallest absolute Gasteiger partial charge is 0.0708 e. The van der Waals surface area contributed by atoms with Crippen LogP contribution in [0.2, 0.25) is 0 Å². The van der Waals surface area contributed by atoms with Crippen LogP contribution in [-0.2, 0) is 18.3 Å². The molecule has 0 saturated carbocycles. The van der Waals surface area contributed by atoms with E-state index in [-0.39, 0.29) is 5.41 Å². The fourth-order valence-electron chi connectivity index (χ4n) is 6.72. The van der Waals surface area contributed by atoms with Gasteiger partial charge in [0.2, 0.25) is 0 Å². The highest BCUT2D eigenvalue weighted by molar-refractivity contribution is 5.85. The lowest BCUT2D eigenvalue weighted by Crippen LogP contribution is -2.42. The van der Waals surface area contributed by atoms with Crippen molar-refractivity contribution in [1.29, 1.82) is 0 Å². The zero-order chi connectivity index (χ0) is 29.7. The van der Waals surface area contributed by atoms with Crippen LogP contribution in [0.4, 0.5) is 5.69 Å². The molecule has 1 atom stereocenters. The van der Waals surface area contributed by atoms with Crippen LogP contribution < -0.4 is 5.73 Å². The molecule has 1 aliphatic rings. The van der Waals surface area contributed by atoms with Gasteiger partial charge in [0.25, 0.3) is 0 Å². The molecule has 4 nitrogen and oxygen atoms in total. The number of hydrogen-bond acceptors (Lipinski definition) is 4. The summed E-state index contributed by atoms with van der Waals surface area (Å²) in [5.74, 6) is 0.539. The van der Waals surface area contributed by atoms with E-state index in [9.17, 15) is 0 Å². The van der Waals surface area contributed by atoms with Gasteiger partial charge in [-0.3, -0.25) is 9.98 Å². The van der Waals surface area contributed by atoms with Crippen LogP contribution in [0, 0.1) is 12.8 Å². The Morgan fingerprint density at radius 1 is 1.05 bits per heavy atom. The fraction of sp³-hybridized carbons (Fsp3) is 0.316. The van der Waals surface area contributed by atoms with E-state index in [0.717, 1.165) is 50.0 Å². The number of hydrogen-bond donors (Lipinski definition) is 1. The lowest BCUT2D eigenvalue weighted by molar-refractivity contribution is 0.179. The van der Waals surface area contributed by atoms with Crippen molar-refractivity contribution in [2.24, 2.45) is 16.6 Å². The van der Waals surface area contributed by atoms with Gasteiger partial charge in [-0.05, 0) is 110 Å². The minimum atomic E-state index is -0.0952. The van der Waals surface area contributed by atoms with Crippen LogP contribution >= 0.6 is 0 Å². The first kappa shape index (κ1) is 29.3. The summed E-state index contributed by atoms with van der Waals surface area (Å²) in [6.45, 7) is 15.4. The average Bonchev–Trinajstić information content (AvgIpc) is 3.03. The molecule has 0 spiro atoms. The Bertz CT molecular complexity index is 1590. The third kappa shape index (κ3) is 5.90. The third-order valence-corrected chi connectivity index (χ3v) is 9.35. The molecule has 2 heterocycles. The summed E-state index contributed by atoms with van der Waals surface area (Å²) in [5.41, 5.74) is 16.4. The van der Waals surface area contributed by atoms with Crippen LogP contribution in [0.15, 0.2) is 102 Å². The second-order valence-electron chi connectivity index (χ2n) is 11.8. The van der Waals surface area contributed by atoms with Gasteiger partial charge in [-0.25, -0.2) is 0 Å². The van der Waals surface area contributed by atoms with Gasteiger partial charge in [0, 0.05) is 41.5 Å². The van der Waals surface area contributed by atoms with Gasteiger partial charge in [-0.2, -0.15) is 0 Å². The van der Waals surface area contributed by atoms with Gasteiger partial charge in [0.05, 0.1) is 11.2 Å². The highest BCUT2D eigenvalue weighted by Crippen LogP contribution is 2.45. The fourth-order valence-corrected chi connectivity index (χ4v) is 6.72. The number of rotatable bonds is 9. The molecule has 1 aliphatic heterocycles. The number of nitrogens with zero attached hydrogens (tertiary/aromatic N) is 3. The number of likely N-dealkylation sites (tertiary alicyclic amines) is 1. The predicted octanol–water partition coefficient (Wildman–Crippen LogP) is 8.42. The van der Waals surface area contributed by atoms with E-state index in [2.05, 4.69) is 117 Å². The maximum atomic E-state index is 5.42. The maximum Gasteiger partial charge on any atom is 0.0708 e. The Balaban J connectivity index is 1.55. The zero-order valence-corrected chi connectivity index (χ0v) is 25.6. The van der Waals surface area contributed by atoms with Gasteiger partial charge >= 0.3 is 0 Å². The molecule has 1 aromatic heterocycles. The van der Waals surface area contributed by atoms with E-state index in [1.165, 1.54) is 50.8 Å². The maximum absolute atomic E-state index is 5.42. The zero-order valence-electron chi connectivity index (χ0n) is 25.6. The van der Waals surface area contributed by atoms with E-state index in [1.54, 1.807) is 12.3 Å². The molecule has 0 amide bonds. The molecule has 216 valence electrons. The summed E-state index contributed by atoms with van der Waals surface area (Å²) in [6.07, 6.45) is 8.99. The van der Waals surface area contributed by atoms with Gasteiger partial charge < -0.3 is 10.6 Å². The number of nitrogens with two attached hydrogens (primary N) is 1. The second-order valence-corrected chi connectivity index (χ2v) is 11.8. The molecule has 1 saturated heterocycles. The number of aliphatic imine (C=N–C) groups is 1. The minimum Gasteiger partial charge on any atom is -0.405 e. The normalized spacial score (nSPS) is 16.0. The van der Waals surface area contributed by atoms with Crippen LogP contribution in [0.5, 0.6) is 0 Å². The number of benzene rings is 3. The van der Waals surface area contributed by atoms with Crippen LogP contribution in [0.1, 0.15) is 67.1 Å². The molecule has 0 bridgehead atoms. The first-order valence-electron chi connectivity index (χ1n) is 15.2. The lowest BCUT2D eigenvalue weighted by atomic mass is 9.64. The van der Waals surface area contributed by atoms with Gasteiger partial charge in [0.1, 0.15) is 0 Å². The quantitative estimate of drug-likeness (QED) is 0.211. The molecular formula is C38H44N4. The largest absolute Gasteiger partial charge is 0.405 e. The summed E-state index contributed by atoms with van der Waals surface area (Å²) in [5, 5.41) is 1.26. The molecule has 3 aromatic carbocycles. The molecule has 1 unspecified atom stereocenters. The molecule has 42 heavy (non-hydrogen) atoms. The van der Waals surface area contributed by atoms with Crippen molar-refractivity contribution in [3.05, 3.63) is 131 Å². The highest BCUT2D eigenvalue weighted by Gasteiger charge is 2.39. The van der Waals surface area contributed by atoms with Crippen molar-refractivity contribution >= 4 is 22.8 Å². The monoisotopic (exact) mass is 556 g/mol. The van der Waals surface area contributed by atoms with Crippen LogP contribution in [-0.4, -0.2) is 29.2 Å².